The molecule has 2 rings (SSSR count). The Hall–Kier alpha value is -1.77. The predicted octanol–water partition coefficient (Wildman–Crippen LogP) is 3.41. The van der Waals surface area contributed by atoms with E-state index in [1.54, 1.807) is 0 Å². The Morgan fingerprint density at radius 2 is 1.94 bits per heavy atom. The van der Waals surface area contributed by atoms with Crippen LogP contribution < -0.4 is 0 Å². The van der Waals surface area contributed by atoms with Gasteiger partial charge in [-0.2, -0.15) is 0 Å². The smallest absolute Gasteiger partial charge is 0.303 e. The molecular formula is C15H19NO2. The largest absolute Gasteiger partial charge is 0.481 e. The summed E-state index contributed by atoms with van der Waals surface area (Å²) in [6, 6.07) is 8.17. The van der Waals surface area contributed by atoms with Gasteiger partial charge in [0.25, 0.3) is 0 Å². The zero-order valence-corrected chi connectivity index (χ0v) is 11.1. The molecular weight excluding hydrogens is 226 g/mol. The SMILES string of the molecule is CC(C)(C)n1cc(CCC(=O)O)c2ccccc21. The summed E-state index contributed by atoms with van der Waals surface area (Å²) in [5, 5.41) is 9.97. The number of carboxylic acid groups (broad SMARTS) is 1. The molecule has 0 fully saturated rings. The van der Waals surface area contributed by atoms with Crippen molar-refractivity contribution in [3.63, 3.8) is 0 Å². The number of fused-ring (bicyclic) bond motifs is 1. The molecule has 0 saturated heterocycles. The third-order valence-electron chi connectivity index (χ3n) is 3.13. The summed E-state index contributed by atoms with van der Waals surface area (Å²) in [6.45, 7) is 6.46. The van der Waals surface area contributed by atoms with Crippen molar-refractivity contribution >= 4 is 16.9 Å². The van der Waals surface area contributed by atoms with Crippen LogP contribution in [-0.2, 0) is 16.8 Å². The van der Waals surface area contributed by atoms with Crippen LogP contribution in [0.2, 0.25) is 0 Å². The lowest BCUT2D eigenvalue weighted by Gasteiger charge is -2.22. The Balaban J connectivity index is 2.51. The van der Waals surface area contributed by atoms with Crippen LogP contribution in [0.15, 0.2) is 30.5 Å². The number of carbonyl (C=O) groups is 1. The molecule has 1 N–H and O–H groups in total. The molecule has 0 bridgehead atoms. The van der Waals surface area contributed by atoms with Crippen LogP contribution in [0.25, 0.3) is 10.9 Å². The number of rotatable bonds is 3. The molecule has 0 saturated carbocycles. The number of nitrogens with zero attached hydrogens (tertiary/aromatic N) is 1. The van der Waals surface area contributed by atoms with Gasteiger partial charge in [-0.25, -0.2) is 0 Å². The summed E-state index contributed by atoms with van der Waals surface area (Å²) in [5.74, 6) is -0.748. The molecule has 2 aromatic rings. The average molecular weight is 245 g/mol. The second kappa shape index (κ2) is 4.48. The molecule has 3 nitrogen and oxygen atoms in total. The van der Waals surface area contributed by atoms with E-state index in [1.165, 1.54) is 5.52 Å². The summed E-state index contributed by atoms with van der Waals surface area (Å²) >= 11 is 0. The van der Waals surface area contributed by atoms with Gasteiger partial charge in [-0.1, -0.05) is 18.2 Å². The first-order valence-corrected chi connectivity index (χ1v) is 6.21. The fourth-order valence-corrected chi connectivity index (χ4v) is 2.25. The monoisotopic (exact) mass is 245 g/mol. The second-order valence-electron chi connectivity index (χ2n) is 5.61. The quantitative estimate of drug-likeness (QED) is 0.900. The van der Waals surface area contributed by atoms with E-state index in [0.29, 0.717) is 6.42 Å². The topological polar surface area (TPSA) is 42.2 Å². The summed E-state index contributed by atoms with van der Waals surface area (Å²) in [5.41, 5.74) is 2.29. The predicted molar refractivity (Wildman–Crippen MR) is 72.9 cm³/mol. The molecule has 0 unspecified atom stereocenters. The van der Waals surface area contributed by atoms with E-state index in [1.807, 2.05) is 12.1 Å². The molecule has 0 aliphatic heterocycles. The molecule has 1 aromatic heterocycles. The summed E-state index contributed by atoms with van der Waals surface area (Å²) in [7, 11) is 0. The normalized spacial score (nSPS) is 11.9. The number of aliphatic carboxylic acids is 1. The lowest BCUT2D eigenvalue weighted by atomic mass is 10.1. The first-order valence-electron chi connectivity index (χ1n) is 6.21. The van der Waals surface area contributed by atoms with Gasteiger partial charge in [0.05, 0.1) is 0 Å². The van der Waals surface area contributed by atoms with Crippen molar-refractivity contribution in [1.29, 1.82) is 0 Å². The van der Waals surface area contributed by atoms with Crippen LogP contribution in [0.5, 0.6) is 0 Å². The van der Waals surface area contributed by atoms with E-state index in [-0.39, 0.29) is 12.0 Å². The van der Waals surface area contributed by atoms with E-state index in [2.05, 4.69) is 43.7 Å². The zero-order valence-electron chi connectivity index (χ0n) is 11.1. The van der Waals surface area contributed by atoms with Crippen molar-refractivity contribution in [3.05, 3.63) is 36.0 Å². The van der Waals surface area contributed by atoms with E-state index in [0.717, 1.165) is 10.9 Å². The third kappa shape index (κ3) is 2.40. The van der Waals surface area contributed by atoms with Gasteiger partial charge in [0.1, 0.15) is 0 Å². The molecule has 0 atom stereocenters. The van der Waals surface area contributed by atoms with Crippen molar-refractivity contribution < 1.29 is 9.90 Å². The minimum atomic E-state index is -0.748. The number of para-hydroxylation sites is 1. The minimum Gasteiger partial charge on any atom is -0.481 e. The molecule has 96 valence electrons. The highest BCUT2D eigenvalue weighted by Gasteiger charge is 2.18. The van der Waals surface area contributed by atoms with Gasteiger partial charge in [-0.3, -0.25) is 4.79 Å². The summed E-state index contributed by atoms with van der Waals surface area (Å²) in [4.78, 5) is 10.7. The van der Waals surface area contributed by atoms with Crippen LogP contribution in [-0.4, -0.2) is 15.6 Å². The van der Waals surface area contributed by atoms with E-state index < -0.39 is 5.97 Å². The Labute approximate surface area is 107 Å². The van der Waals surface area contributed by atoms with Crippen molar-refractivity contribution in [2.45, 2.75) is 39.2 Å². The zero-order chi connectivity index (χ0) is 13.3. The molecule has 0 aliphatic rings. The van der Waals surface area contributed by atoms with Crippen LogP contribution >= 0.6 is 0 Å². The Bertz CT molecular complexity index is 576. The molecule has 1 heterocycles. The van der Waals surface area contributed by atoms with Crippen LogP contribution in [0.3, 0.4) is 0 Å². The van der Waals surface area contributed by atoms with Gasteiger partial charge in [0.15, 0.2) is 0 Å². The standard InChI is InChI=1S/C15H19NO2/c1-15(2,3)16-10-11(8-9-14(17)18)12-6-4-5-7-13(12)16/h4-7,10H,8-9H2,1-3H3,(H,17,18). The second-order valence-corrected chi connectivity index (χ2v) is 5.61. The van der Waals surface area contributed by atoms with Crippen molar-refractivity contribution in [3.8, 4) is 0 Å². The lowest BCUT2D eigenvalue weighted by molar-refractivity contribution is -0.136. The van der Waals surface area contributed by atoms with Crippen LogP contribution in [0, 0.1) is 0 Å². The first-order chi connectivity index (χ1) is 8.39. The highest BCUT2D eigenvalue weighted by molar-refractivity contribution is 5.84. The molecule has 0 radical (unpaired) electrons. The van der Waals surface area contributed by atoms with Crippen molar-refractivity contribution in [2.75, 3.05) is 0 Å². The number of carboxylic acids is 1. The lowest BCUT2D eigenvalue weighted by Crippen LogP contribution is -2.20. The molecule has 0 aliphatic carbocycles. The first kappa shape index (κ1) is 12.7. The third-order valence-corrected chi connectivity index (χ3v) is 3.13. The van der Waals surface area contributed by atoms with Crippen LogP contribution in [0.1, 0.15) is 32.8 Å². The minimum absolute atomic E-state index is 0.00107. The number of hydrogen-bond donors (Lipinski definition) is 1. The Kier molecular flexibility index (Phi) is 3.16. The van der Waals surface area contributed by atoms with Crippen molar-refractivity contribution in [2.24, 2.45) is 0 Å². The van der Waals surface area contributed by atoms with Crippen molar-refractivity contribution in [1.82, 2.24) is 4.57 Å². The Morgan fingerprint density at radius 3 is 2.56 bits per heavy atom. The molecule has 0 amide bonds. The maximum atomic E-state index is 10.7. The van der Waals surface area contributed by atoms with Gasteiger partial charge >= 0.3 is 5.97 Å². The number of benzene rings is 1. The van der Waals surface area contributed by atoms with E-state index in [9.17, 15) is 4.79 Å². The fraction of sp³-hybridized carbons (Fsp3) is 0.400. The van der Waals surface area contributed by atoms with E-state index >= 15 is 0 Å². The van der Waals surface area contributed by atoms with Gasteiger partial charge in [-0.05, 0) is 38.8 Å². The van der Waals surface area contributed by atoms with Gasteiger partial charge in [0.2, 0.25) is 0 Å². The Morgan fingerprint density at radius 1 is 1.28 bits per heavy atom. The number of aromatic nitrogens is 1. The molecule has 3 heteroatoms. The number of hydrogen-bond acceptors (Lipinski definition) is 1. The van der Waals surface area contributed by atoms with Crippen LogP contribution in [0.4, 0.5) is 0 Å². The maximum Gasteiger partial charge on any atom is 0.303 e. The summed E-state index contributed by atoms with van der Waals surface area (Å²) < 4.78 is 2.22. The summed E-state index contributed by atoms with van der Waals surface area (Å²) in [6.07, 6.45) is 2.85. The van der Waals surface area contributed by atoms with E-state index in [4.69, 9.17) is 5.11 Å². The molecule has 1 aromatic carbocycles. The number of aryl methyl sites for hydroxylation is 1. The van der Waals surface area contributed by atoms with Gasteiger partial charge < -0.3 is 9.67 Å². The fourth-order valence-electron chi connectivity index (χ4n) is 2.25. The van der Waals surface area contributed by atoms with Gasteiger partial charge in [-0.15, -0.1) is 0 Å². The maximum absolute atomic E-state index is 10.7. The molecule has 0 spiro atoms. The van der Waals surface area contributed by atoms with Gasteiger partial charge in [0, 0.05) is 29.1 Å². The highest BCUT2D eigenvalue weighted by Crippen LogP contribution is 2.28. The highest BCUT2D eigenvalue weighted by atomic mass is 16.4. The average Bonchev–Trinajstić information content (AvgIpc) is 2.65. The molecule has 18 heavy (non-hydrogen) atoms.